The molecule has 2 amide bonds. The van der Waals surface area contributed by atoms with Gasteiger partial charge in [-0.15, -0.1) is 0 Å². The average molecular weight is 289 g/mol. The van der Waals surface area contributed by atoms with Crippen molar-refractivity contribution in [1.82, 2.24) is 5.32 Å². The van der Waals surface area contributed by atoms with Gasteiger partial charge in [-0.25, -0.2) is 4.79 Å². The van der Waals surface area contributed by atoms with Gasteiger partial charge in [0.05, 0.1) is 0 Å². The molecule has 0 aliphatic heterocycles. The maximum absolute atomic E-state index is 11.9. The highest BCUT2D eigenvalue weighted by molar-refractivity contribution is 5.89. The van der Waals surface area contributed by atoms with Gasteiger partial charge in [-0.2, -0.15) is 0 Å². The van der Waals surface area contributed by atoms with Crippen molar-refractivity contribution < 1.29 is 4.79 Å². The number of urea groups is 1. The molecule has 0 bridgehead atoms. The van der Waals surface area contributed by atoms with Gasteiger partial charge in [-0.1, -0.05) is 38.2 Å². The van der Waals surface area contributed by atoms with E-state index in [0.29, 0.717) is 0 Å². The number of carbonyl (C=O) groups is 1. The number of anilines is 2. The molecular formula is C17H27N3O. The zero-order valence-electron chi connectivity index (χ0n) is 13.2. The molecule has 0 aromatic heterocycles. The molecule has 1 aromatic rings. The van der Waals surface area contributed by atoms with E-state index in [1.165, 1.54) is 32.1 Å². The van der Waals surface area contributed by atoms with Gasteiger partial charge in [0.15, 0.2) is 0 Å². The summed E-state index contributed by atoms with van der Waals surface area (Å²) in [7, 11) is 3.98. The number of amides is 2. The summed E-state index contributed by atoms with van der Waals surface area (Å²) in [5, 5.41) is 5.86. The van der Waals surface area contributed by atoms with E-state index in [1.807, 2.05) is 43.3 Å². The van der Waals surface area contributed by atoms with Gasteiger partial charge in [0, 0.05) is 32.0 Å². The maximum atomic E-state index is 11.9. The predicted octanol–water partition coefficient (Wildman–Crippen LogP) is 3.84. The highest BCUT2D eigenvalue weighted by Gasteiger charge is 2.13. The van der Waals surface area contributed by atoms with Crippen LogP contribution in [0.5, 0.6) is 0 Å². The molecule has 0 spiro atoms. The lowest BCUT2D eigenvalue weighted by atomic mass is 9.87. The van der Waals surface area contributed by atoms with Crippen LogP contribution in [0.25, 0.3) is 0 Å². The smallest absolute Gasteiger partial charge is 0.319 e. The van der Waals surface area contributed by atoms with Crippen LogP contribution < -0.4 is 15.5 Å². The molecule has 1 aliphatic carbocycles. The third kappa shape index (κ3) is 5.29. The highest BCUT2D eigenvalue weighted by atomic mass is 16.2. The lowest BCUT2D eigenvalue weighted by molar-refractivity contribution is 0.250. The van der Waals surface area contributed by atoms with E-state index in [9.17, 15) is 4.79 Å². The summed E-state index contributed by atoms with van der Waals surface area (Å²) < 4.78 is 0. The van der Waals surface area contributed by atoms with Gasteiger partial charge < -0.3 is 15.5 Å². The summed E-state index contributed by atoms with van der Waals surface area (Å²) >= 11 is 0. The Morgan fingerprint density at radius 1 is 1.24 bits per heavy atom. The largest absolute Gasteiger partial charge is 0.378 e. The first-order chi connectivity index (χ1) is 10.1. The second kappa shape index (κ2) is 7.91. The molecule has 2 rings (SSSR count). The normalized spacial score (nSPS) is 15.5. The van der Waals surface area contributed by atoms with Crippen LogP contribution in [0, 0.1) is 5.92 Å². The number of nitrogens with one attached hydrogen (secondary N) is 2. The van der Waals surface area contributed by atoms with E-state index in [0.717, 1.165) is 30.3 Å². The minimum Gasteiger partial charge on any atom is -0.378 e. The van der Waals surface area contributed by atoms with Crippen LogP contribution >= 0.6 is 0 Å². The monoisotopic (exact) mass is 289 g/mol. The Labute approximate surface area is 127 Å². The molecule has 4 heteroatoms. The van der Waals surface area contributed by atoms with Gasteiger partial charge in [-0.05, 0) is 30.5 Å². The van der Waals surface area contributed by atoms with Crippen molar-refractivity contribution in [3.8, 4) is 0 Å². The molecule has 1 aliphatic rings. The van der Waals surface area contributed by atoms with Crippen molar-refractivity contribution in [1.29, 1.82) is 0 Å². The first-order valence-corrected chi connectivity index (χ1v) is 7.97. The number of carbonyl (C=O) groups excluding carboxylic acids is 1. The molecule has 2 N–H and O–H groups in total. The standard InChI is InChI=1S/C17H27N3O/c1-20(2)16-10-6-9-15(13-16)19-17(21)18-12-11-14-7-4-3-5-8-14/h6,9-10,13-14H,3-5,7-8,11-12H2,1-2H3,(H2,18,19,21). The van der Waals surface area contributed by atoms with Crippen LogP contribution in [0.4, 0.5) is 16.2 Å². The Bertz CT molecular complexity index is 453. The van der Waals surface area contributed by atoms with Gasteiger partial charge >= 0.3 is 6.03 Å². The number of benzene rings is 1. The van der Waals surface area contributed by atoms with Crippen molar-refractivity contribution in [2.45, 2.75) is 38.5 Å². The van der Waals surface area contributed by atoms with E-state index in [2.05, 4.69) is 10.6 Å². The summed E-state index contributed by atoms with van der Waals surface area (Å²) in [5.41, 5.74) is 1.91. The second-order valence-electron chi connectivity index (χ2n) is 6.12. The van der Waals surface area contributed by atoms with Crippen LogP contribution in [0.2, 0.25) is 0 Å². The summed E-state index contributed by atoms with van der Waals surface area (Å²) in [6.07, 6.45) is 7.85. The molecule has 0 heterocycles. The fourth-order valence-corrected chi connectivity index (χ4v) is 2.90. The SMILES string of the molecule is CN(C)c1cccc(NC(=O)NCCC2CCCCC2)c1. The third-order valence-corrected chi connectivity index (χ3v) is 4.18. The van der Waals surface area contributed by atoms with Crippen molar-refractivity contribution in [3.63, 3.8) is 0 Å². The first kappa shape index (κ1) is 15.7. The van der Waals surface area contributed by atoms with Crippen LogP contribution in [-0.2, 0) is 0 Å². The van der Waals surface area contributed by atoms with Crippen molar-refractivity contribution >= 4 is 17.4 Å². The summed E-state index contributed by atoms with van der Waals surface area (Å²) in [6.45, 7) is 0.768. The minimum absolute atomic E-state index is 0.110. The highest BCUT2D eigenvalue weighted by Crippen LogP contribution is 2.25. The Hall–Kier alpha value is -1.71. The van der Waals surface area contributed by atoms with E-state index in [-0.39, 0.29) is 6.03 Å². The topological polar surface area (TPSA) is 44.4 Å². The lowest BCUT2D eigenvalue weighted by Crippen LogP contribution is -2.30. The fourth-order valence-electron chi connectivity index (χ4n) is 2.90. The lowest BCUT2D eigenvalue weighted by Gasteiger charge is -2.21. The Morgan fingerprint density at radius 2 is 2.00 bits per heavy atom. The van der Waals surface area contributed by atoms with Crippen molar-refractivity contribution in [3.05, 3.63) is 24.3 Å². The molecule has 116 valence electrons. The molecule has 1 aromatic carbocycles. The molecule has 1 fully saturated rings. The third-order valence-electron chi connectivity index (χ3n) is 4.18. The quantitative estimate of drug-likeness (QED) is 0.865. The number of rotatable bonds is 5. The van der Waals surface area contributed by atoms with Crippen LogP contribution in [0.15, 0.2) is 24.3 Å². The van der Waals surface area contributed by atoms with Crippen LogP contribution in [0.3, 0.4) is 0 Å². The molecule has 21 heavy (non-hydrogen) atoms. The van der Waals surface area contributed by atoms with E-state index < -0.39 is 0 Å². The zero-order valence-corrected chi connectivity index (χ0v) is 13.2. The molecule has 0 atom stereocenters. The maximum Gasteiger partial charge on any atom is 0.319 e. The minimum atomic E-state index is -0.110. The predicted molar refractivity (Wildman–Crippen MR) is 89.0 cm³/mol. The zero-order chi connectivity index (χ0) is 15.1. The summed E-state index contributed by atoms with van der Waals surface area (Å²) in [6, 6.07) is 7.75. The Kier molecular flexibility index (Phi) is 5.90. The first-order valence-electron chi connectivity index (χ1n) is 7.97. The van der Waals surface area contributed by atoms with Crippen LogP contribution in [0.1, 0.15) is 38.5 Å². The molecule has 0 saturated heterocycles. The average Bonchev–Trinajstić information content (AvgIpc) is 2.48. The molecule has 0 unspecified atom stereocenters. The summed E-state index contributed by atoms with van der Waals surface area (Å²) in [4.78, 5) is 13.9. The number of nitrogens with zero attached hydrogens (tertiary/aromatic N) is 1. The van der Waals surface area contributed by atoms with Gasteiger partial charge in [0.1, 0.15) is 0 Å². The number of hydrogen-bond acceptors (Lipinski definition) is 2. The van der Waals surface area contributed by atoms with E-state index in [1.54, 1.807) is 0 Å². The number of hydrogen-bond donors (Lipinski definition) is 2. The molecule has 4 nitrogen and oxygen atoms in total. The van der Waals surface area contributed by atoms with Crippen molar-refractivity contribution in [2.24, 2.45) is 5.92 Å². The Balaban J connectivity index is 1.72. The van der Waals surface area contributed by atoms with Gasteiger partial charge in [-0.3, -0.25) is 0 Å². The van der Waals surface area contributed by atoms with Gasteiger partial charge in [0.2, 0.25) is 0 Å². The van der Waals surface area contributed by atoms with E-state index >= 15 is 0 Å². The van der Waals surface area contributed by atoms with Gasteiger partial charge in [0.25, 0.3) is 0 Å². The molecule has 0 radical (unpaired) electrons. The van der Waals surface area contributed by atoms with Crippen molar-refractivity contribution in [2.75, 3.05) is 30.9 Å². The van der Waals surface area contributed by atoms with E-state index in [4.69, 9.17) is 0 Å². The molecule has 1 saturated carbocycles. The van der Waals surface area contributed by atoms with Crippen LogP contribution in [-0.4, -0.2) is 26.7 Å². The summed E-state index contributed by atoms with van der Waals surface area (Å²) in [5.74, 6) is 0.802. The fraction of sp³-hybridized carbons (Fsp3) is 0.588. The second-order valence-corrected chi connectivity index (χ2v) is 6.12. The molecular weight excluding hydrogens is 262 g/mol. The Morgan fingerprint density at radius 3 is 2.71 bits per heavy atom.